The monoisotopic (exact) mass is 628 g/mol. The van der Waals surface area contributed by atoms with E-state index in [0.29, 0.717) is 28.3 Å². The van der Waals surface area contributed by atoms with Crippen LogP contribution in [0.3, 0.4) is 0 Å². The first-order valence-electron chi connectivity index (χ1n) is 13.1. The molecule has 3 aromatic rings. The summed E-state index contributed by atoms with van der Waals surface area (Å²) in [5.74, 6) is -1.96. The topological polar surface area (TPSA) is 103 Å². The first-order valence-corrected chi connectivity index (χ1v) is 13.5. The van der Waals surface area contributed by atoms with Crippen molar-refractivity contribution in [3.05, 3.63) is 119 Å². The number of benzene rings is 3. The number of anilines is 2. The summed E-state index contributed by atoms with van der Waals surface area (Å²) in [6.45, 7) is 8.14. The molecule has 0 fully saturated rings. The van der Waals surface area contributed by atoms with Crippen LogP contribution < -0.4 is 16.0 Å². The summed E-state index contributed by atoms with van der Waals surface area (Å²) in [5.41, 5.74) is -0.951. The molecule has 0 aromatic heterocycles. The molecule has 3 rings (SSSR count). The molecule has 0 aliphatic heterocycles. The second-order valence-corrected chi connectivity index (χ2v) is 11.0. The van der Waals surface area contributed by atoms with E-state index in [9.17, 15) is 27.2 Å². The Labute approximate surface area is 257 Å². The number of carbonyl (C=O) groups is 2. The van der Waals surface area contributed by atoms with E-state index in [0.717, 1.165) is 6.07 Å². The number of carbonyl (C=O) groups excluding carboxylic acids is 2. The first-order chi connectivity index (χ1) is 20.6. The van der Waals surface area contributed by atoms with E-state index in [2.05, 4.69) is 22.5 Å². The van der Waals surface area contributed by atoms with Crippen LogP contribution in [0.4, 0.5) is 33.7 Å². The number of nitrogens with zero attached hydrogens (tertiary/aromatic N) is 1. The standard InChI is InChI=1S/C32H29ClF4N4O3/c1-19(32(35,36)37)13-27(40-24-10-6-8-21(15-24)18-39-30(43)44-31(2,3)4)29(42)41-26-16-23(11-12-25(26)34)28(33)22-9-5-7-20(14-22)17-38/h5-16,28,40H,1,18H2,2-4H3,(H,39,43)(H,41,42)/b27-13-. The molecule has 0 bridgehead atoms. The van der Waals surface area contributed by atoms with Crippen molar-refractivity contribution in [1.82, 2.24) is 5.32 Å². The number of hydrogen-bond acceptors (Lipinski definition) is 5. The predicted molar refractivity (Wildman–Crippen MR) is 160 cm³/mol. The number of allylic oxidation sites excluding steroid dienone is 2. The van der Waals surface area contributed by atoms with Crippen LogP contribution in [0, 0.1) is 17.1 Å². The fourth-order valence-corrected chi connectivity index (χ4v) is 4.03. The lowest BCUT2D eigenvalue weighted by atomic mass is 10.0. The Bertz CT molecular complexity index is 1620. The zero-order valence-electron chi connectivity index (χ0n) is 24.0. The Morgan fingerprint density at radius 1 is 1.02 bits per heavy atom. The van der Waals surface area contributed by atoms with Gasteiger partial charge < -0.3 is 20.7 Å². The molecule has 1 unspecified atom stereocenters. The normalized spacial score (nSPS) is 12.5. The molecular weight excluding hydrogens is 600 g/mol. The number of hydrogen-bond donors (Lipinski definition) is 3. The highest BCUT2D eigenvalue weighted by molar-refractivity contribution is 6.22. The highest BCUT2D eigenvalue weighted by Crippen LogP contribution is 2.32. The van der Waals surface area contributed by atoms with E-state index < -0.39 is 46.2 Å². The maximum atomic E-state index is 14.8. The minimum absolute atomic E-state index is 0.0276. The molecule has 0 spiro atoms. The number of alkyl carbamates (subject to hydrolysis) is 1. The third-order valence-electron chi connectivity index (χ3n) is 5.81. The average molecular weight is 629 g/mol. The number of ether oxygens (including phenoxy) is 1. The van der Waals surface area contributed by atoms with Gasteiger partial charge in [0.05, 0.1) is 28.3 Å². The summed E-state index contributed by atoms with van der Waals surface area (Å²) in [6, 6.07) is 18.4. The van der Waals surface area contributed by atoms with Gasteiger partial charge in [-0.15, -0.1) is 11.6 Å². The largest absolute Gasteiger partial charge is 0.444 e. The van der Waals surface area contributed by atoms with Gasteiger partial charge in [-0.3, -0.25) is 4.79 Å². The van der Waals surface area contributed by atoms with Crippen LogP contribution in [0.1, 0.15) is 48.4 Å². The number of halogens is 5. The van der Waals surface area contributed by atoms with E-state index in [4.69, 9.17) is 21.6 Å². The van der Waals surface area contributed by atoms with Crippen LogP contribution in [0.2, 0.25) is 0 Å². The molecule has 0 aliphatic carbocycles. The number of alkyl halides is 4. The molecule has 230 valence electrons. The third-order valence-corrected chi connectivity index (χ3v) is 6.31. The zero-order chi connectivity index (χ0) is 32.7. The van der Waals surface area contributed by atoms with Crippen molar-refractivity contribution in [2.24, 2.45) is 0 Å². The molecule has 3 N–H and O–H groups in total. The van der Waals surface area contributed by atoms with Crippen LogP contribution >= 0.6 is 11.6 Å². The number of nitriles is 1. The van der Waals surface area contributed by atoms with E-state index in [1.165, 1.54) is 24.3 Å². The molecule has 0 saturated carbocycles. The molecule has 0 radical (unpaired) electrons. The number of nitrogens with one attached hydrogen (secondary N) is 3. The molecule has 12 heteroatoms. The Morgan fingerprint density at radius 2 is 1.70 bits per heavy atom. The van der Waals surface area contributed by atoms with Gasteiger partial charge in [-0.25, -0.2) is 9.18 Å². The molecule has 7 nitrogen and oxygen atoms in total. The summed E-state index contributed by atoms with van der Waals surface area (Å²) in [5, 5.41) is 15.8. The molecule has 0 heterocycles. The number of rotatable bonds is 9. The third kappa shape index (κ3) is 9.88. The Balaban J connectivity index is 1.86. The predicted octanol–water partition coefficient (Wildman–Crippen LogP) is 8.10. The average Bonchev–Trinajstić information content (AvgIpc) is 2.95. The van der Waals surface area contributed by atoms with Gasteiger partial charge in [0.25, 0.3) is 5.91 Å². The van der Waals surface area contributed by atoms with Crippen molar-refractivity contribution in [3.63, 3.8) is 0 Å². The lowest BCUT2D eigenvalue weighted by Crippen LogP contribution is -2.32. The first kappa shape index (κ1) is 33.7. The van der Waals surface area contributed by atoms with E-state index in [1.54, 1.807) is 57.2 Å². The maximum absolute atomic E-state index is 14.8. The SMILES string of the molecule is C=C(/C=C(\Nc1cccc(CNC(=O)OC(C)(C)C)c1)C(=O)Nc1cc(C(Cl)c2cccc(C#N)c2)ccc1F)C(F)(F)F. The fourth-order valence-electron chi connectivity index (χ4n) is 3.76. The van der Waals surface area contributed by atoms with E-state index in [1.807, 2.05) is 6.07 Å². The lowest BCUT2D eigenvalue weighted by Gasteiger charge is -2.20. The number of amides is 2. The molecule has 0 aliphatic rings. The van der Waals surface area contributed by atoms with Crippen molar-refractivity contribution in [2.45, 2.75) is 44.5 Å². The summed E-state index contributed by atoms with van der Waals surface area (Å²) < 4.78 is 60.1. The summed E-state index contributed by atoms with van der Waals surface area (Å²) in [4.78, 5) is 25.2. The lowest BCUT2D eigenvalue weighted by molar-refractivity contribution is -0.112. The van der Waals surface area contributed by atoms with Crippen LogP contribution in [-0.2, 0) is 16.1 Å². The maximum Gasteiger partial charge on any atom is 0.415 e. The Kier molecular flexibility index (Phi) is 10.8. The summed E-state index contributed by atoms with van der Waals surface area (Å²) in [6.07, 6.45) is -5.01. The fraction of sp³-hybridized carbons (Fsp3) is 0.219. The smallest absolute Gasteiger partial charge is 0.415 e. The van der Waals surface area contributed by atoms with Crippen molar-refractivity contribution < 1.29 is 31.9 Å². The van der Waals surface area contributed by atoms with Crippen molar-refractivity contribution >= 4 is 35.0 Å². The Morgan fingerprint density at radius 3 is 2.36 bits per heavy atom. The van der Waals surface area contributed by atoms with Crippen molar-refractivity contribution in [2.75, 3.05) is 10.6 Å². The molecular formula is C32H29ClF4N4O3. The molecule has 2 amide bonds. The van der Waals surface area contributed by atoms with Gasteiger partial charge in [0.1, 0.15) is 17.1 Å². The van der Waals surface area contributed by atoms with Crippen LogP contribution in [0.15, 0.2) is 90.7 Å². The molecule has 0 saturated heterocycles. The minimum atomic E-state index is -4.85. The van der Waals surface area contributed by atoms with Crippen molar-refractivity contribution in [3.8, 4) is 6.07 Å². The van der Waals surface area contributed by atoms with Gasteiger partial charge in [0.2, 0.25) is 0 Å². The van der Waals surface area contributed by atoms with Gasteiger partial charge in [0.15, 0.2) is 0 Å². The van der Waals surface area contributed by atoms with Gasteiger partial charge in [-0.1, -0.05) is 36.9 Å². The zero-order valence-corrected chi connectivity index (χ0v) is 24.7. The summed E-state index contributed by atoms with van der Waals surface area (Å²) in [7, 11) is 0. The second-order valence-electron chi connectivity index (χ2n) is 10.6. The molecule has 3 aromatic carbocycles. The highest BCUT2D eigenvalue weighted by Gasteiger charge is 2.31. The Hall–Kier alpha value is -4.82. The van der Waals surface area contributed by atoms with Gasteiger partial charge >= 0.3 is 12.3 Å². The minimum Gasteiger partial charge on any atom is -0.444 e. The molecule has 44 heavy (non-hydrogen) atoms. The van der Waals surface area contributed by atoms with Crippen LogP contribution in [-0.4, -0.2) is 23.8 Å². The highest BCUT2D eigenvalue weighted by atomic mass is 35.5. The van der Waals surface area contributed by atoms with E-state index >= 15 is 0 Å². The quantitative estimate of drug-likeness (QED) is 0.0961. The second kappa shape index (κ2) is 14.1. The van der Waals surface area contributed by atoms with Crippen LogP contribution in [0.5, 0.6) is 0 Å². The van der Waals surface area contributed by atoms with Gasteiger partial charge in [-0.2, -0.15) is 18.4 Å². The van der Waals surface area contributed by atoms with Gasteiger partial charge in [-0.05, 0) is 79.9 Å². The van der Waals surface area contributed by atoms with Crippen molar-refractivity contribution in [1.29, 1.82) is 5.26 Å². The van der Waals surface area contributed by atoms with Gasteiger partial charge in [0, 0.05) is 12.2 Å². The van der Waals surface area contributed by atoms with Crippen LogP contribution in [0.25, 0.3) is 0 Å². The van der Waals surface area contributed by atoms with E-state index in [-0.39, 0.29) is 17.9 Å². The molecule has 1 atom stereocenters. The summed E-state index contributed by atoms with van der Waals surface area (Å²) >= 11 is 6.56.